The second-order valence-corrected chi connectivity index (χ2v) is 6.48. The Morgan fingerprint density at radius 1 is 1.32 bits per heavy atom. The van der Waals surface area contributed by atoms with Crippen LogP contribution in [-0.4, -0.2) is 29.5 Å². The van der Waals surface area contributed by atoms with E-state index >= 15 is 0 Å². The lowest BCUT2D eigenvalue weighted by Gasteiger charge is -2.19. The molecule has 0 amide bonds. The SMILES string of the molecule is CCCCOC(=O)C(SCCCC(C)(F)F)C(C)C. The Hall–Kier alpha value is -0.320. The van der Waals surface area contributed by atoms with Gasteiger partial charge in [0.1, 0.15) is 5.25 Å². The summed E-state index contributed by atoms with van der Waals surface area (Å²) in [6.07, 6.45) is 2.14. The van der Waals surface area contributed by atoms with Crippen molar-refractivity contribution in [1.29, 1.82) is 0 Å². The molecule has 0 rings (SSSR count). The van der Waals surface area contributed by atoms with E-state index < -0.39 is 5.92 Å². The Morgan fingerprint density at radius 2 is 1.95 bits per heavy atom. The van der Waals surface area contributed by atoms with Crippen LogP contribution in [0.2, 0.25) is 0 Å². The van der Waals surface area contributed by atoms with Gasteiger partial charge in [0.2, 0.25) is 5.92 Å². The van der Waals surface area contributed by atoms with E-state index in [0.29, 0.717) is 18.8 Å². The van der Waals surface area contributed by atoms with Gasteiger partial charge in [-0.2, -0.15) is 0 Å². The van der Waals surface area contributed by atoms with Crippen LogP contribution in [0.1, 0.15) is 53.4 Å². The van der Waals surface area contributed by atoms with Crippen LogP contribution in [0.15, 0.2) is 0 Å². The molecular weight excluding hydrogens is 270 g/mol. The summed E-state index contributed by atoms with van der Waals surface area (Å²) in [6.45, 7) is 7.32. The minimum absolute atomic E-state index is 0.129. The van der Waals surface area contributed by atoms with Crippen LogP contribution in [0.4, 0.5) is 8.78 Å². The average Bonchev–Trinajstić information content (AvgIpc) is 2.27. The normalized spacial score (nSPS) is 13.6. The van der Waals surface area contributed by atoms with Crippen molar-refractivity contribution in [3.63, 3.8) is 0 Å². The van der Waals surface area contributed by atoms with Crippen molar-refractivity contribution in [2.45, 2.75) is 64.6 Å². The minimum atomic E-state index is -2.62. The first-order valence-corrected chi connectivity index (χ1v) is 7.99. The molecule has 0 saturated carbocycles. The third-order valence-electron chi connectivity index (χ3n) is 2.64. The first-order chi connectivity index (χ1) is 8.78. The van der Waals surface area contributed by atoms with Crippen molar-refractivity contribution >= 4 is 17.7 Å². The van der Waals surface area contributed by atoms with Crippen LogP contribution in [-0.2, 0) is 9.53 Å². The molecule has 1 unspecified atom stereocenters. The van der Waals surface area contributed by atoms with E-state index in [9.17, 15) is 13.6 Å². The number of hydrogen-bond donors (Lipinski definition) is 0. The number of halogens is 2. The smallest absolute Gasteiger partial charge is 0.319 e. The van der Waals surface area contributed by atoms with Gasteiger partial charge in [0.15, 0.2) is 0 Å². The molecule has 0 saturated heterocycles. The van der Waals surface area contributed by atoms with Crippen LogP contribution in [0, 0.1) is 5.92 Å². The maximum absolute atomic E-state index is 12.7. The lowest BCUT2D eigenvalue weighted by Crippen LogP contribution is -2.26. The second-order valence-electron chi connectivity index (χ2n) is 5.23. The molecule has 0 N–H and O–H groups in total. The van der Waals surface area contributed by atoms with Crippen LogP contribution < -0.4 is 0 Å². The summed E-state index contributed by atoms with van der Waals surface area (Å²) in [4.78, 5) is 11.9. The van der Waals surface area contributed by atoms with E-state index in [1.807, 2.05) is 20.8 Å². The molecule has 2 nitrogen and oxygen atoms in total. The summed E-state index contributed by atoms with van der Waals surface area (Å²) in [5, 5.41) is -0.248. The molecule has 114 valence electrons. The van der Waals surface area contributed by atoms with Gasteiger partial charge < -0.3 is 4.74 Å². The number of carbonyl (C=O) groups is 1. The van der Waals surface area contributed by atoms with E-state index in [2.05, 4.69) is 0 Å². The number of ether oxygens (including phenoxy) is 1. The maximum Gasteiger partial charge on any atom is 0.319 e. The average molecular weight is 296 g/mol. The Bertz CT molecular complexity index is 252. The van der Waals surface area contributed by atoms with Gasteiger partial charge in [0.25, 0.3) is 0 Å². The molecule has 0 aliphatic heterocycles. The molecule has 0 bridgehead atoms. The number of thioether (sulfide) groups is 1. The Balaban J connectivity index is 4.01. The van der Waals surface area contributed by atoms with Crippen molar-refractivity contribution in [3.05, 3.63) is 0 Å². The van der Waals surface area contributed by atoms with Gasteiger partial charge in [-0.1, -0.05) is 27.2 Å². The number of esters is 1. The summed E-state index contributed by atoms with van der Waals surface area (Å²) in [6, 6.07) is 0. The van der Waals surface area contributed by atoms with E-state index in [1.165, 1.54) is 11.8 Å². The predicted molar refractivity (Wildman–Crippen MR) is 76.8 cm³/mol. The second kappa shape index (κ2) is 9.56. The number of rotatable bonds is 10. The number of hydrogen-bond acceptors (Lipinski definition) is 3. The maximum atomic E-state index is 12.7. The van der Waals surface area contributed by atoms with E-state index in [1.54, 1.807) is 0 Å². The third-order valence-corrected chi connectivity index (χ3v) is 4.26. The zero-order valence-corrected chi connectivity index (χ0v) is 13.2. The summed E-state index contributed by atoms with van der Waals surface area (Å²) >= 11 is 1.43. The lowest BCUT2D eigenvalue weighted by molar-refractivity contribution is -0.143. The molecule has 19 heavy (non-hydrogen) atoms. The molecule has 5 heteroatoms. The molecule has 0 aliphatic carbocycles. The zero-order valence-electron chi connectivity index (χ0n) is 12.4. The molecule has 0 spiro atoms. The molecule has 0 aromatic heterocycles. The summed E-state index contributed by atoms with van der Waals surface area (Å²) in [5.74, 6) is -2.11. The largest absolute Gasteiger partial charge is 0.465 e. The van der Waals surface area contributed by atoms with Gasteiger partial charge in [-0.05, 0) is 31.4 Å². The molecule has 0 heterocycles. The van der Waals surface area contributed by atoms with Crippen molar-refractivity contribution in [2.24, 2.45) is 5.92 Å². The standard InChI is InChI=1S/C14H26F2O2S/c1-5-6-9-18-13(17)12(11(2)3)19-10-7-8-14(4,15)16/h11-12H,5-10H2,1-4H3. The van der Waals surface area contributed by atoms with Gasteiger partial charge in [0, 0.05) is 6.42 Å². The van der Waals surface area contributed by atoms with E-state index in [4.69, 9.17) is 4.74 Å². The molecule has 0 radical (unpaired) electrons. The van der Waals surface area contributed by atoms with Gasteiger partial charge in [-0.15, -0.1) is 11.8 Å². The van der Waals surface area contributed by atoms with Gasteiger partial charge in [-0.3, -0.25) is 4.79 Å². The van der Waals surface area contributed by atoms with Crippen molar-refractivity contribution < 1.29 is 18.3 Å². The van der Waals surface area contributed by atoms with Gasteiger partial charge in [0.05, 0.1) is 6.61 Å². The van der Waals surface area contributed by atoms with Crippen molar-refractivity contribution in [1.82, 2.24) is 0 Å². The lowest BCUT2D eigenvalue weighted by atomic mass is 10.1. The number of unbranched alkanes of at least 4 members (excludes halogenated alkanes) is 1. The van der Waals surface area contributed by atoms with Crippen molar-refractivity contribution in [3.8, 4) is 0 Å². The predicted octanol–water partition coefficient (Wildman–Crippen LogP) is 4.52. The quantitative estimate of drug-likeness (QED) is 0.438. The number of alkyl halides is 2. The van der Waals surface area contributed by atoms with E-state index in [0.717, 1.165) is 19.8 Å². The molecule has 0 aromatic carbocycles. The van der Waals surface area contributed by atoms with Crippen LogP contribution in [0.25, 0.3) is 0 Å². The summed E-state index contributed by atoms with van der Waals surface area (Å²) in [7, 11) is 0. The highest BCUT2D eigenvalue weighted by molar-refractivity contribution is 8.00. The van der Waals surface area contributed by atoms with Gasteiger partial charge in [-0.25, -0.2) is 8.78 Å². The van der Waals surface area contributed by atoms with Crippen LogP contribution >= 0.6 is 11.8 Å². The first kappa shape index (κ1) is 18.7. The summed E-state index contributed by atoms with van der Waals surface area (Å²) < 4.78 is 30.5. The highest BCUT2D eigenvalue weighted by Gasteiger charge is 2.25. The molecule has 0 aliphatic rings. The fourth-order valence-corrected chi connectivity index (χ4v) is 2.68. The highest BCUT2D eigenvalue weighted by atomic mass is 32.2. The summed E-state index contributed by atoms with van der Waals surface area (Å²) in [5.41, 5.74) is 0. The Morgan fingerprint density at radius 3 is 2.42 bits per heavy atom. The zero-order chi connectivity index (χ0) is 14.9. The van der Waals surface area contributed by atoms with Gasteiger partial charge >= 0.3 is 5.97 Å². The number of carbonyl (C=O) groups excluding carboxylic acids is 1. The molecule has 0 fully saturated rings. The third kappa shape index (κ3) is 10.2. The molecule has 0 aromatic rings. The first-order valence-electron chi connectivity index (χ1n) is 6.94. The van der Waals surface area contributed by atoms with Crippen LogP contribution in [0.5, 0.6) is 0 Å². The molecule has 1 atom stereocenters. The van der Waals surface area contributed by atoms with E-state index in [-0.39, 0.29) is 23.6 Å². The minimum Gasteiger partial charge on any atom is -0.465 e. The van der Waals surface area contributed by atoms with Crippen molar-refractivity contribution in [2.75, 3.05) is 12.4 Å². The Kier molecular flexibility index (Phi) is 9.40. The van der Waals surface area contributed by atoms with Crippen LogP contribution in [0.3, 0.4) is 0 Å². The fraction of sp³-hybridized carbons (Fsp3) is 0.929. The topological polar surface area (TPSA) is 26.3 Å². The monoisotopic (exact) mass is 296 g/mol. The Labute approximate surface area is 119 Å². The molecular formula is C14H26F2O2S. The fourth-order valence-electron chi connectivity index (χ4n) is 1.52. The highest BCUT2D eigenvalue weighted by Crippen LogP contribution is 2.25.